The average Bonchev–Trinajstić information content (AvgIpc) is 2.53. The van der Waals surface area contributed by atoms with Gasteiger partial charge < -0.3 is 10.6 Å². The number of carbonyl (C=O) groups excluding carboxylic acids is 3. The number of nitrogens with one attached hydrogen (secondary N) is 2. The van der Waals surface area contributed by atoms with E-state index in [0.717, 1.165) is 11.1 Å². The highest BCUT2D eigenvalue weighted by atomic mass is 16.2. The molecule has 0 spiro atoms. The Balaban J connectivity index is 2.08. The summed E-state index contributed by atoms with van der Waals surface area (Å²) in [6.07, 6.45) is 2.96. The molecule has 120 valence electrons. The van der Waals surface area contributed by atoms with Gasteiger partial charge in [-0.1, -0.05) is 0 Å². The van der Waals surface area contributed by atoms with Gasteiger partial charge in [-0.25, -0.2) is 14.4 Å². The number of aliphatic imine (C=N–C) groups is 2. The third kappa shape index (κ3) is 4.24. The molecule has 0 radical (unpaired) electrons. The first-order valence-corrected chi connectivity index (χ1v) is 6.98. The summed E-state index contributed by atoms with van der Waals surface area (Å²) in [6.45, 7) is 3.55. The fourth-order valence-electron chi connectivity index (χ4n) is 2.11. The molecule has 2 aromatic rings. The SMILES string of the molecule is Cc1cc(NC(=O)Nc2ccc(N=C=O)c(C)c2)ccc1N=C=O. The minimum atomic E-state index is -0.424. The van der Waals surface area contributed by atoms with E-state index in [-0.39, 0.29) is 0 Å². The smallest absolute Gasteiger partial charge is 0.308 e. The fourth-order valence-corrected chi connectivity index (χ4v) is 2.11. The van der Waals surface area contributed by atoms with Crippen molar-refractivity contribution in [3.8, 4) is 0 Å². The number of anilines is 2. The number of carbonyl (C=O) groups is 1. The molecule has 0 saturated heterocycles. The Morgan fingerprint density at radius 2 is 1.25 bits per heavy atom. The van der Waals surface area contributed by atoms with Crippen molar-refractivity contribution < 1.29 is 14.4 Å². The number of urea groups is 1. The van der Waals surface area contributed by atoms with E-state index < -0.39 is 6.03 Å². The van der Waals surface area contributed by atoms with Crippen LogP contribution in [0.3, 0.4) is 0 Å². The number of nitrogens with zero attached hydrogens (tertiary/aromatic N) is 2. The summed E-state index contributed by atoms with van der Waals surface area (Å²) in [5.74, 6) is 0. The van der Waals surface area contributed by atoms with Gasteiger partial charge in [0.2, 0.25) is 12.2 Å². The van der Waals surface area contributed by atoms with Crippen molar-refractivity contribution in [1.82, 2.24) is 0 Å². The van der Waals surface area contributed by atoms with Gasteiger partial charge in [0.05, 0.1) is 11.4 Å². The molecule has 0 aliphatic carbocycles. The molecule has 7 nitrogen and oxygen atoms in total. The van der Waals surface area contributed by atoms with E-state index in [4.69, 9.17) is 0 Å². The zero-order valence-electron chi connectivity index (χ0n) is 13.1. The summed E-state index contributed by atoms with van der Waals surface area (Å²) in [5.41, 5.74) is 3.60. The van der Waals surface area contributed by atoms with Crippen molar-refractivity contribution in [3.63, 3.8) is 0 Å². The lowest BCUT2D eigenvalue weighted by Gasteiger charge is -2.10. The summed E-state index contributed by atoms with van der Waals surface area (Å²) in [5, 5.41) is 5.37. The van der Waals surface area contributed by atoms with Gasteiger partial charge >= 0.3 is 6.03 Å². The molecule has 2 aromatic carbocycles. The average molecular weight is 322 g/mol. The van der Waals surface area contributed by atoms with Crippen LogP contribution in [0.1, 0.15) is 11.1 Å². The Hall–Kier alpha value is -3.53. The molecule has 0 heterocycles. The minimum Gasteiger partial charge on any atom is -0.308 e. The third-order valence-electron chi connectivity index (χ3n) is 3.24. The van der Waals surface area contributed by atoms with E-state index in [9.17, 15) is 14.4 Å². The Morgan fingerprint density at radius 1 is 0.833 bits per heavy atom. The second kappa shape index (κ2) is 7.65. The van der Waals surface area contributed by atoms with Gasteiger partial charge in [0, 0.05) is 11.4 Å². The van der Waals surface area contributed by atoms with Crippen molar-refractivity contribution in [2.45, 2.75) is 13.8 Å². The summed E-state index contributed by atoms with van der Waals surface area (Å²) >= 11 is 0. The van der Waals surface area contributed by atoms with Gasteiger partial charge in [0.25, 0.3) is 0 Å². The molecule has 0 atom stereocenters. The molecule has 2 N–H and O–H groups in total. The normalized spacial score (nSPS) is 9.42. The monoisotopic (exact) mass is 322 g/mol. The Morgan fingerprint density at radius 3 is 1.58 bits per heavy atom. The van der Waals surface area contributed by atoms with Crippen LogP contribution in [0.5, 0.6) is 0 Å². The molecule has 2 amide bonds. The number of hydrogen-bond acceptors (Lipinski definition) is 5. The molecule has 0 unspecified atom stereocenters. The molecule has 2 rings (SSSR count). The van der Waals surface area contributed by atoms with Crippen LogP contribution < -0.4 is 10.6 Å². The maximum atomic E-state index is 12.0. The lowest BCUT2D eigenvalue weighted by atomic mass is 10.2. The number of rotatable bonds is 4. The Kier molecular flexibility index (Phi) is 5.36. The quantitative estimate of drug-likeness (QED) is 0.659. The van der Waals surface area contributed by atoms with Gasteiger partial charge in [-0.05, 0) is 61.4 Å². The minimum absolute atomic E-state index is 0.424. The first-order valence-electron chi connectivity index (χ1n) is 6.98. The maximum absolute atomic E-state index is 12.0. The van der Waals surface area contributed by atoms with E-state index in [1.165, 1.54) is 12.2 Å². The van der Waals surface area contributed by atoms with E-state index in [1.807, 2.05) is 0 Å². The number of hydrogen-bond donors (Lipinski definition) is 2. The van der Waals surface area contributed by atoms with Crippen molar-refractivity contribution in [2.24, 2.45) is 9.98 Å². The topological polar surface area (TPSA) is 100.0 Å². The van der Waals surface area contributed by atoms with Crippen LogP contribution in [0.2, 0.25) is 0 Å². The van der Waals surface area contributed by atoms with E-state index in [0.29, 0.717) is 22.7 Å². The molecule has 0 aromatic heterocycles. The predicted molar refractivity (Wildman–Crippen MR) is 90.6 cm³/mol. The number of benzene rings is 2. The molecule has 0 aliphatic rings. The first-order chi connectivity index (χ1) is 11.5. The standard InChI is InChI=1S/C17H14N4O3/c1-11-7-13(3-5-15(11)18-9-22)20-17(24)21-14-4-6-16(19-10-23)12(2)8-14/h3-8H,1-2H3,(H2,20,21,24). The van der Waals surface area contributed by atoms with Gasteiger partial charge in [-0.2, -0.15) is 9.98 Å². The van der Waals surface area contributed by atoms with Gasteiger partial charge in [-0.15, -0.1) is 0 Å². The van der Waals surface area contributed by atoms with Crippen molar-refractivity contribution in [1.29, 1.82) is 0 Å². The Labute approximate surface area is 138 Å². The molecular weight excluding hydrogens is 308 g/mol. The van der Waals surface area contributed by atoms with E-state index >= 15 is 0 Å². The van der Waals surface area contributed by atoms with Crippen LogP contribution in [0.15, 0.2) is 46.4 Å². The van der Waals surface area contributed by atoms with Gasteiger partial charge in [0.15, 0.2) is 0 Å². The van der Waals surface area contributed by atoms with Crippen LogP contribution in [0.4, 0.5) is 27.5 Å². The van der Waals surface area contributed by atoms with Crippen LogP contribution in [0.25, 0.3) is 0 Å². The zero-order valence-corrected chi connectivity index (χ0v) is 13.1. The molecule has 0 aliphatic heterocycles. The second-order valence-corrected chi connectivity index (χ2v) is 4.99. The van der Waals surface area contributed by atoms with Crippen LogP contribution in [0, 0.1) is 13.8 Å². The Bertz CT molecular complexity index is 808. The van der Waals surface area contributed by atoms with E-state index in [2.05, 4.69) is 20.6 Å². The lowest BCUT2D eigenvalue weighted by molar-refractivity contribution is 0.262. The summed E-state index contributed by atoms with van der Waals surface area (Å²) in [4.78, 5) is 39.7. The van der Waals surface area contributed by atoms with Crippen LogP contribution in [-0.2, 0) is 9.59 Å². The van der Waals surface area contributed by atoms with Gasteiger partial charge in [0.1, 0.15) is 0 Å². The highest BCUT2D eigenvalue weighted by Crippen LogP contribution is 2.23. The van der Waals surface area contributed by atoms with Crippen molar-refractivity contribution in [3.05, 3.63) is 47.5 Å². The lowest BCUT2D eigenvalue weighted by Crippen LogP contribution is -2.19. The molecule has 0 fully saturated rings. The predicted octanol–water partition coefficient (Wildman–Crippen LogP) is 3.88. The van der Waals surface area contributed by atoms with Crippen LogP contribution >= 0.6 is 0 Å². The van der Waals surface area contributed by atoms with E-state index in [1.54, 1.807) is 50.2 Å². The maximum Gasteiger partial charge on any atom is 0.323 e. The number of amides is 2. The van der Waals surface area contributed by atoms with Gasteiger partial charge in [-0.3, -0.25) is 0 Å². The first kappa shape index (κ1) is 16.8. The number of isocyanates is 2. The third-order valence-corrected chi connectivity index (χ3v) is 3.24. The molecule has 7 heteroatoms. The number of aryl methyl sites for hydroxylation is 2. The largest absolute Gasteiger partial charge is 0.323 e. The highest BCUT2D eigenvalue weighted by molar-refractivity contribution is 6.00. The molecule has 24 heavy (non-hydrogen) atoms. The van der Waals surface area contributed by atoms with Crippen LogP contribution in [-0.4, -0.2) is 18.2 Å². The summed E-state index contributed by atoms with van der Waals surface area (Å²) < 4.78 is 0. The molecule has 0 bridgehead atoms. The fraction of sp³-hybridized carbons (Fsp3) is 0.118. The molecular formula is C17H14N4O3. The summed E-state index contributed by atoms with van der Waals surface area (Å²) in [7, 11) is 0. The zero-order chi connectivity index (χ0) is 17.5. The summed E-state index contributed by atoms with van der Waals surface area (Å²) in [6, 6.07) is 9.47. The highest BCUT2D eigenvalue weighted by Gasteiger charge is 2.06. The second-order valence-electron chi connectivity index (χ2n) is 4.99. The van der Waals surface area contributed by atoms with Crippen molar-refractivity contribution >= 4 is 40.9 Å². The molecule has 0 saturated carbocycles. The van der Waals surface area contributed by atoms with Crippen molar-refractivity contribution in [2.75, 3.05) is 10.6 Å².